The quantitative estimate of drug-likeness (QED) is 0.925. The van der Waals surface area contributed by atoms with Crippen molar-refractivity contribution in [2.45, 2.75) is 37.6 Å². The van der Waals surface area contributed by atoms with Gasteiger partial charge in [-0.25, -0.2) is 4.98 Å². The van der Waals surface area contributed by atoms with E-state index in [0.717, 1.165) is 12.4 Å². The lowest BCUT2D eigenvalue weighted by Gasteiger charge is -2.48. The van der Waals surface area contributed by atoms with Crippen molar-refractivity contribution in [3.8, 4) is 6.07 Å². The Kier molecular flexibility index (Phi) is 5.22. The first-order valence-electron chi connectivity index (χ1n) is 8.26. The summed E-state index contributed by atoms with van der Waals surface area (Å²) in [5.41, 5.74) is 0.765. The van der Waals surface area contributed by atoms with Crippen LogP contribution in [0, 0.1) is 11.3 Å². The Morgan fingerprint density at radius 3 is 2.73 bits per heavy atom. The summed E-state index contributed by atoms with van der Waals surface area (Å²) in [4.78, 5) is 7.07. The lowest BCUT2D eigenvalue weighted by atomic mass is 9.80. The summed E-state index contributed by atoms with van der Waals surface area (Å²) in [5.74, 6) is 3.34. The molecule has 22 heavy (non-hydrogen) atoms. The number of pyridine rings is 1. The second-order valence-corrected chi connectivity index (χ2v) is 7.48. The average molecular weight is 316 g/mol. The highest BCUT2D eigenvalue weighted by Gasteiger charge is 2.38. The van der Waals surface area contributed by atoms with Gasteiger partial charge < -0.3 is 5.32 Å². The number of nitrogens with one attached hydrogen (secondary N) is 1. The molecule has 2 aliphatic rings. The molecule has 2 fully saturated rings. The first-order valence-corrected chi connectivity index (χ1v) is 9.42. The minimum atomic E-state index is 0.281. The second-order valence-electron chi connectivity index (χ2n) is 6.26. The van der Waals surface area contributed by atoms with Crippen molar-refractivity contribution in [3.63, 3.8) is 0 Å². The highest BCUT2D eigenvalue weighted by Crippen LogP contribution is 2.35. The molecular formula is C17H24N4S. The Morgan fingerprint density at radius 1 is 1.23 bits per heavy atom. The molecule has 0 radical (unpaired) electrons. The molecule has 1 aliphatic heterocycles. The third kappa shape index (κ3) is 3.56. The van der Waals surface area contributed by atoms with Crippen LogP contribution in [0.4, 0.5) is 5.82 Å². The molecule has 4 nitrogen and oxygen atoms in total. The van der Waals surface area contributed by atoms with Gasteiger partial charge in [0, 0.05) is 36.7 Å². The molecule has 1 saturated carbocycles. The van der Waals surface area contributed by atoms with Gasteiger partial charge in [-0.1, -0.05) is 25.3 Å². The Labute approximate surface area is 137 Å². The van der Waals surface area contributed by atoms with Gasteiger partial charge in [0.05, 0.1) is 0 Å². The van der Waals surface area contributed by atoms with E-state index in [0.29, 0.717) is 5.69 Å². The summed E-state index contributed by atoms with van der Waals surface area (Å²) < 4.78 is 0. The molecule has 118 valence electrons. The van der Waals surface area contributed by atoms with Crippen LogP contribution in [0.15, 0.2) is 18.2 Å². The predicted molar refractivity (Wildman–Crippen MR) is 92.2 cm³/mol. The highest BCUT2D eigenvalue weighted by molar-refractivity contribution is 7.99. The van der Waals surface area contributed by atoms with Gasteiger partial charge in [-0.15, -0.1) is 0 Å². The number of hydrogen-bond donors (Lipinski definition) is 1. The van der Waals surface area contributed by atoms with E-state index in [1.54, 1.807) is 6.07 Å². The number of aromatic nitrogens is 1. The van der Waals surface area contributed by atoms with E-state index >= 15 is 0 Å². The van der Waals surface area contributed by atoms with Crippen molar-refractivity contribution in [2.24, 2.45) is 0 Å². The molecule has 1 saturated heterocycles. The van der Waals surface area contributed by atoms with Crippen LogP contribution in [-0.2, 0) is 0 Å². The first kappa shape index (κ1) is 15.6. The summed E-state index contributed by atoms with van der Waals surface area (Å²) >= 11 is 2.07. The van der Waals surface area contributed by atoms with Crippen LogP contribution >= 0.6 is 11.8 Å². The Bertz CT molecular complexity index is 528. The molecule has 2 heterocycles. The highest BCUT2D eigenvalue weighted by atomic mass is 32.2. The molecule has 0 bridgehead atoms. The van der Waals surface area contributed by atoms with Gasteiger partial charge >= 0.3 is 0 Å². The van der Waals surface area contributed by atoms with E-state index in [2.05, 4.69) is 33.0 Å². The lowest BCUT2D eigenvalue weighted by Crippen LogP contribution is -2.57. The third-order valence-corrected chi connectivity index (χ3v) is 5.87. The number of rotatable bonds is 4. The van der Waals surface area contributed by atoms with Gasteiger partial charge in [-0.05, 0) is 25.0 Å². The van der Waals surface area contributed by atoms with Crippen molar-refractivity contribution in [1.29, 1.82) is 5.26 Å². The van der Waals surface area contributed by atoms with Gasteiger partial charge in [0.2, 0.25) is 0 Å². The number of thioether (sulfide) groups is 1. The van der Waals surface area contributed by atoms with E-state index in [9.17, 15) is 0 Å². The molecule has 3 rings (SSSR count). The van der Waals surface area contributed by atoms with Crippen LogP contribution in [0.5, 0.6) is 0 Å². The topological polar surface area (TPSA) is 52.0 Å². The monoisotopic (exact) mass is 316 g/mol. The van der Waals surface area contributed by atoms with E-state index in [1.165, 1.54) is 56.7 Å². The maximum atomic E-state index is 8.98. The summed E-state index contributed by atoms with van der Waals surface area (Å²) in [6, 6.07) is 7.73. The van der Waals surface area contributed by atoms with Gasteiger partial charge in [0.1, 0.15) is 17.6 Å². The summed E-state index contributed by atoms with van der Waals surface area (Å²) in [7, 11) is 0. The van der Waals surface area contributed by atoms with Crippen molar-refractivity contribution < 1.29 is 0 Å². The van der Waals surface area contributed by atoms with Crippen molar-refractivity contribution in [1.82, 2.24) is 9.88 Å². The number of hydrogen-bond acceptors (Lipinski definition) is 5. The first-order chi connectivity index (χ1) is 10.8. The minimum Gasteiger partial charge on any atom is -0.368 e. The van der Waals surface area contributed by atoms with Crippen LogP contribution in [0.3, 0.4) is 0 Å². The maximum Gasteiger partial charge on any atom is 0.142 e. The van der Waals surface area contributed by atoms with Crippen LogP contribution in [-0.4, -0.2) is 46.6 Å². The van der Waals surface area contributed by atoms with Crippen LogP contribution < -0.4 is 5.32 Å². The molecule has 1 aromatic rings. The second kappa shape index (κ2) is 7.34. The zero-order valence-corrected chi connectivity index (χ0v) is 13.9. The normalized spacial score (nSPS) is 22.0. The Balaban J connectivity index is 1.71. The zero-order chi connectivity index (χ0) is 15.3. The SMILES string of the molecule is N#Cc1cccc(NCC2(N3CCSCC3)CCCCC2)n1. The average Bonchev–Trinajstić information content (AvgIpc) is 2.62. The molecule has 5 heteroatoms. The molecule has 0 amide bonds. The van der Waals surface area contributed by atoms with E-state index in [4.69, 9.17) is 5.26 Å². The number of nitrogens with zero attached hydrogens (tertiary/aromatic N) is 3. The van der Waals surface area contributed by atoms with Crippen molar-refractivity contribution in [3.05, 3.63) is 23.9 Å². The van der Waals surface area contributed by atoms with Crippen LogP contribution in [0.1, 0.15) is 37.8 Å². The molecule has 0 unspecified atom stereocenters. The van der Waals surface area contributed by atoms with E-state index in [1.807, 2.05) is 12.1 Å². The predicted octanol–water partition coefficient (Wildman–Crippen LogP) is 3.12. The fourth-order valence-corrected chi connectivity index (χ4v) is 4.61. The van der Waals surface area contributed by atoms with E-state index in [-0.39, 0.29) is 5.54 Å². The van der Waals surface area contributed by atoms with Crippen LogP contribution in [0.2, 0.25) is 0 Å². The summed E-state index contributed by atoms with van der Waals surface area (Å²) in [6.45, 7) is 3.36. The van der Waals surface area contributed by atoms with Crippen LogP contribution in [0.25, 0.3) is 0 Å². The summed E-state index contributed by atoms with van der Waals surface area (Å²) in [6.07, 6.45) is 6.59. The van der Waals surface area contributed by atoms with Gasteiger partial charge in [-0.2, -0.15) is 17.0 Å². The van der Waals surface area contributed by atoms with Gasteiger partial charge in [0.15, 0.2) is 0 Å². The molecule has 1 N–H and O–H groups in total. The molecule has 1 aliphatic carbocycles. The zero-order valence-electron chi connectivity index (χ0n) is 13.1. The summed E-state index contributed by atoms with van der Waals surface area (Å²) in [5, 5.41) is 12.5. The van der Waals surface area contributed by atoms with Gasteiger partial charge in [-0.3, -0.25) is 4.90 Å². The minimum absolute atomic E-state index is 0.281. The fourth-order valence-electron chi connectivity index (χ4n) is 3.70. The standard InChI is InChI=1S/C17H24N4S/c18-13-15-5-4-6-16(20-15)19-14-17(7-2-1-3-8-17)21-9-11-22-12-10-21/h4-6H,1-3,7-12,14H2,(H,19,20). The van der Waals surface area contributed by atoms with E-state index < -0.39 is 0 Å². The molecule has 0 aromatic carbocycles. The number of anilines is 1. The molecule has 1 aromatic heterocycles. The third-order valence-electron chi connectivity index (χ3n) is 4.93. The Morgan fingerprint density at radius 2 is 2.00 bits per heavy atom. The van der Waals surface area contributed by atoms with Crippen molar-refractivity contribution in [2.75, 3.05) is 36.5 Å². The van der Waals surface area contributed by atoms with Crippen molar-refractivity contribution >= 4 is 17.6 Å². The maximum absolute atomic E-state index is 8.98. The largest absolute Gasteiger partial charge is 0.368 e. The Hall–Kier alpha value is -1.25. The van der Waals surface area contributed by atoms with Gasteiger partial charge in [0.25, 0.3) is 0 Å². The molecule has 0 spiro atoms. The fraction of sp³-hybridized carbons (Fsp3) is 0.647. The number of nitriles is 1. The molecule has 0 atom stereocenters. The molecular weight excluding hydrogens is 292 g/mol. The lowest BCUT2D eigenvalue weighted by molar-refractivity contribution is 0.0706. The smallest absolute Gasteiger partial charge is 0.142 e.